The zero-order valence-corrected chi connectivity index (χ0v) is 16.4. The summed E-state index contributed by atoms with van der Waals surface area (Å²) in [5.41, 5.74) is 3.40. The molecule has 1 atom stereocenters. The lowest BCUT2D eigenvalue weighted by atomic mass is 9.98. The van der Waals surface area contributed by atoms with Crippen LogP contribution in [0, 0.1) is 6.92 Å². The Hall–Kier alpha value is -2.66. The lowest BCUT2D eigenvalue weighted by molar-refractivity contribution is -0.135. The molecule has 2 N–H and O–H groups in total. The molecule has 0 heterocycles. The van der Waals surface area contributed by atoms with E-state index in [9.17, 15) is 9.59 Å². The minimum absolute atomic E-state index is 0.0843. The van der Waals surface area contributed by atoms with E-state index >= 15 is 0 Å². The fraction of sp³-hybridized carbons (Fsp3) is 0.364. The summed E-state index contributed by atoms with van der Waals surface area (Å²) < 4.78 is 0. The molecule has 0 unspecified atom stereocenters. The van der Waals surface area contributed by atoms with Gasteiger partial charge in [0.2, 0.25) is 11.8 Å². The number of aryl methyl sites for hydroxylation is 1. The van der Waals surface area contributed by atoms with E-state index < -0.39 is 0 Å². The standard InChI is InChI=1S/C22H29N3O2/c1-4-23-20(26)16-25(5-2)21(27)15-24-22(18-9-7-6-8-10-18)19-13-11-17(3)12-14-19/h6-14,22,24H,4-5,15-16H2,1-3H3,(H,23,26)/t22-/m0/s1. The van der Waals surface area contributed by atoms with Gasteiger partial charge in [-0.15, -0.1) is 0 Å². The quantitative estimate of drug-likeness (QED) is 0.716. The van der Waals surface area contributed by atoms with Crippen LogP contribution in [0.3, 0.4) is 0 Å². The van der Waals surface area contributed by atoms with E-state index in [4.69, 9.17) is 0 Å². The van der Waals surface area contributed by atoms with Gasteiger partial charge in [0.05, 0.1) is 19.1 Å². The molecular formula is C22H29N3O2. The normalized spacial score (nSPS) is 11.7. The molecule has 2 aromatic rings. The van der Waals surface area contributed by atoms with Gasteiger partial charge in [0.15, 0.2) is 0 Å². The second-order valence-corrected chi connectivity index (χ2v) is 6.50. The molecule has 0 radical (unpaired) electrons. The summed E-state index contributed by atoms with van der Waals surface area (Å²) in [5, 5.41) is 6.10. The topological polar surface area (TPSA) is 61.4 Å². The van der Waals surface area contributed by atoms with Crippen LogP contribution in [0.25, 0.3) is 0 Å². The van der Waals surface area contributed by atoms with E-state index in [1.54, 1.807) is 4.90 Å². The molecule has 5 heteroatoms. The average Bonchev–Trinajstić information content (AvgIpc) is 2.68. The monoisotopic (exact) mass is 367 g/mol. The van der Waals surface area contributed by atoms with Crippen molar-refractivity contribution >= 4 is 11.8 Å². The number of benzene rings is 2. The first-order chi connectivity index (χ1) is 13.0. The summed E-state index contributed by atoms with van der Waals surface area (Å²) in [6.07, 6.45) is 0. The van der Waals surface area contributed by atoms with Gasteiger partial charge in [-0.3, -0.25) is 14.9 Å². The lowest BCUT2D eigenvalue weighted by Gasteiger charge is -2.24. The van der Waals surface area contributed by atoms with E-state index in [0.29, 0.717) is 13.1 Å². The summed E-state index contributed by atoms with van der Waals surface area (Å²) in [6.45, 7) is 7.12. The molecule has 0 fully saturated rings. The van der Waals surface area contributed by atoms with Crippen molar-refractivity contribution in [3.8, 4) is 0 Å². The predicted octanol–water partition coefficient (Wildman–Crippen LogP) is 2.66. The van der Waals surface area contributed by atoms with E-state index in [1.807, 2.05) is 44.2 Å². The second kappa shape index (κ2) is 10.5. The Labute approximate surface area is 161 Å². The fourth-order valence-corrected chi connectivity index (χ4v) is 2.94. The van der Waals surface area contributed by atoms with E-state index in [0.717, 1.165) is 11.1 Å². The molecule has 2 aromatic carbocycles. The summed E-state index contributed by atoms with van der Waals surface area (Å²) in [6, 6.07) is 18.3. The van der Waals surface area contributed by atoms with Crippen molar-refractivity contribution in [1.29, 1.82) is 0 Å². The third-order valence-corrected chi connectivity index (χ3v) is 4.44. The second-order valence-electron chi connectivity index (χ2n) is 6.50. The van der Waals surface area contributed by atoms with Crippen LogP contribution in [-0.2, 0) is 9.59 Å². The fourth-order valence-electron chi connectivity index (χ4n) is 2.94. The highest BCUT2D eigenvalue weighted by molar-refractivity contribution is 5.85. The van der Waals surface area contributed by atoms with Gasteiger partial charge in [0.25, 0.3) is 0 Å². The minimum atomic E-state index is -0.133. The molecule has 27 heavy (non-hydrogen) atoms. The Morgan fingerprint density at radius 1 is 0.963 bits per heavy atom. The van der Waals surface area contributed by atoms with Crippen LogP contribution in [0.4, 0.5) is 0 Å². The molecule has 2 amide bonds. The molecule has 144 valence electrons. The third-order valence-electron chi connectivity index (χ3n) is 4.44. The molecule has 0 bridgehead atoms. The maximum Gasteiger partial charge on any atom is 0.239 e. The molecule has 0 saturated carbocycles. The number of amides is 2. The third kappa shape index (κ3) is 6.22. The van der Waals surface area contributed by atoms with Crippen molar-refractivity contribution < 1.29 is 9.59 Å². The van der Waals surface area contributed by atoms with Crippen LogP contribution < -0.4 is 10.6 Å². The highest BCUT2D eigenvalue weighted by Crippen LogP contribution is 2.22. The van der Waals surface area contributed by atoms with Crippen molar-refractivity contribution in [2.75, 3.05) is 26.2 Å². The number of hydrogen-bond donors (Lipinski definition) is 2. The van der Waals surface area contributed by atoms with Gasteiger partial charge in [-0.2, -0.15) is 0 Å². The van der Waals surface area contributed by atoms with Crippen molar-refractivity contribution in [3.05, 3.63) is 71.3 Å². The minimum Gasteiger partial charge on any atom is -0.355 e. The molecule has 0 aliphatic rings. The molecule has 5 nitrogen and oxygen atoms in total. The molecule has 0 aromatic heterocycles. The highest BCUT2D eigenvalue weighted by Gasteiger charge is 2.19. The van der Waals surface area contributed by atoms with Crippen LogP contribution in [0.5, 0.6) is 0 Å². The van der Waals surface area contributed by atoms with Gasteiger partial charge in [0, 0.05) is 13.1 Å². The summed E-state index contributed by atoms with van der Waals surface area (Å²) in [7, 11) is 0. The number of nitrogens with zero attached hydrogens (tertiary/aromatic N) is 1. The number of nitrogens with one attached hydrogen (secondary N) is 2. The van der Waals surface area contributed by atoms with E-state index in [2.05, 4.69) is 41.8 Å². The van der Waals surface area contributed by atoms with E-state index in [-0.39, 0.29) is 30.9 Å². The molecule has 0 spiro atoms. The van der Waals surface area contributed by atoms with E-state index in [1.165, 1.54) is 5.56 Å². The first-order valence-corrected chi connectivity index (χ1v) is 9.44. The maximum absolute atomic E-state index is 12.6. The first-order valence-electron chi connectivity index (χ1n) is 9.44. The molecule has 0 aliphatic carbocycles. The van der Waals surface area contributed by atoms with Crippen molar-refractivity contribution in [2.45, 2.75) is 26.8 Å². The number of carbonyl (C=O) groups is 2. The average molecular weight is 367 g/mol. The Bertz CT molecular complexity index is 729. The van der Waals surface area contributed by atoms with Crippen molar-refractivity contribution in [3.63, 3.8) is 0 Å². The molecule has 0 aliphatic heterocycles. The zero-order valence-electron chi connectivity index (χ0n) is 16.4. The van der Waals surface area contributed by atoms with Crippen LogP contribution in [0.15, 0.2) is 54.6 Å². The highest BCUT2D eigenvalue weighted by atomic mass is 16.2. The number of hydrogen-bond acceptors (Lipinski definition) is 3. The summed E-state index contributed by atoms with van der Waals surface area (Å²) >= 11 is 0. The van der Waals surface area contributed by atoms with Gasteiger partial charge in [-0.1, -0.05) is 60.2 Å². The zero-order chi connectivity index (χ0) is 19.6. The van der Waals surface area contributed by atoms with Crippen LogP contribution in [0.1, 0.15) is 36.6 Å². The number of likely N-dealkylation sites (N-methyl/N-ethyl adjacent to an activating group) is 2. The Balaban J connectivity index is 2.10. The Kier molecular flexibility index (Phi) is 8.01. The van der Waals surface area contributed by atoms with Gasteiger partial charge in [0.1, 0.15) is 0 Å². The van der Waals surface area contributed by atoms with Gasteiger partial charge >= 0.3 is 0 Å². The van der Waals surface area contributed by atoms with Crippen LogP contribution in [0.2, 0.25) is 0 Å². The van der Waals surface area contributed by atoms with Gasteiger partial charge in [-0.25, -0.2) is 0 Å². The van der Waals surface area contributed by atoms with Crippen molar-refractivity contribution in [2.24, 2.45) is 0 Å². The first kappa shape index (κ1) is 20.6. The van der Waals surface area contributed by atoms with Crippen LogP contribution in [-0.4, -0.2) is 42.9 Å². The van der Waals surface area contributed by atoms with Gasteiger partial charge < -0.3 is 10.2 Å². The number of carbonyl (C=O) groups excluding carboxylic acids is 2. The SMILES string of the molecule is CCNC(=O)CN(CC)C(=O)CN[C@@H](c1ccccc1)c1ccc(C)cc1. The summed E-state index contributed by atoms with van der Waals surface area (Å²) in [5.74, 6) is -0.220. The predicted molar refractivity (Wildman–Crippen MR) is 108 cm³/mol. The smallest absolute Gasteiger partial charge is 0.239 e. The number of rotatable bonds is 9. The Morgan fingerprint density at radius 3 is 2.19 bits per heavy atom. The largest absolute Gasteiger partial charge is 0.355 e. The lowest BCUT2D eigenvalue weighted by Crippen LogP contribution is -2.44. The molecule has 2 rings (SSSR count). The molecular weight excluding hydrogens is 338 g/mol. The Morgan fingerprint density at radius 2 is 1.59 bits per heavy atom. The maximum atomic E-state index is 12.6. The molecule has 0 saturated heterocycles. The summed E-state index contributed by atoms with van der Waals surface area (Å²) in [4.78, 5) is 26.0. The van der Waals surface area contributed by atoms with Gasteiger partial charge in [-0.05, 0) is 31.9 Å². The van der Waals surface area contributed by atoms with Crippen molar-refractivity contribution in [1.82, 2.24) is 15.5 Å². The van der Waals surface area contributed by atoms with Crippen LogP contribution >= 0.6 is 0 Å².